The van der Waals surface area contributed by atoms with Crippen LogP contribution in [-0.4, -0.2) is 49.3 Å². The van der Waals surface area contributed by atoms with E-state index in [9.17, 15) is 4.79 Å². The molecule has 5 rings (SSSR count). The summed E-state index contributed by atoms with van der Waals surface area (Å²) in [7, 11) is 2.11. The Morgan fingerprint density at radius 3 is 2.46 bits per heavy atom. The molecular weight excluding hydrogens is 468 g/mol. The fraction of sp³-hybridized carbons (Fsp3) is 0.741. The molecule has 0 aromatic carbocycles. The number of hydrogen-bond acceptors (Lipinski definition) is 8. The smallest absolute Gasteiger partial charge is 0.365 e. The van der Waals surface area contributed by atoms with Crippen molar-refractivity contribution >= 4 is 22.9 Å². The highest BCUT2D eigenvalue weighted by Crippen LogP contribution is 2.36. The van der Waals surface area contributed by atoms with Gasteiger partial charge in [-0.25, -0.2) is 14.8 Å². The third-order valence-corrected chi connectivity index (χ3v) is 8.09. The number of rotatable bonds is 8. The van der Waals surface area contributed by atoms with E-state index in [0.29, 0.717) is 23.3 Å². The maximum Gasteiger partial charge on any atom is 0.439 e. The van der Waals surface area contributed by atoms with Gasteiger partial charge in [-0.1, -0.05) is 52.1 Å². The van der Waals surface area contributed by atoms with Crippen LogP contribution in [0, 0.1) is 23.2 Å². The van der Waals surface area contributed by atoms with Gasteiger partial charge in [-0.05, 0) is 55.8 Å². The van der Waals surface area contributed by atoms with E-state index in [1.165, 1.54) is 44.9 Å². The average Bonchev–Trinajstić information content (AvgIpc) is 3.37. The van der Waals surface area contributed by atoms with Gasteiger partial charge in [-0.15, -0.1) is 0 Å². The molecule has 2 aliphatic rings. The van der Waals surface area contributed by atoms with Crippen LogP contribution in [-0.2, 0) is 6.54 Å². The first-order chi connectivity index (χ1) is 17.6. The molecule has 0 amide bonds. The summed E-state index contributed by atoms with van der Waals surface area (Å²) < 4.78 is 7.09. The second-order valence-electron chi connectivity index (χ2n) is 12.7. The van der Waals surface area contributed by atoms with Gasteiger partial charge in [0.1, 0.15) is 5.52 Å². The zero-order valence-electron chi connectivity index (χ0n) is 23.2. The molecule has 10 heteroatoms. The van der Waals surface area contributed by atoms with Crippen LogP contribution >= 0.6 is 0 Å². The summed E-state index contributed by atoms with van der Waals surface area (Å²) >= 11 is 0. The van der Waals surface area contributed by atoms with E-state index in [4.69, 9.17) is 19.5 Å². The maximum absolute atomic E-state index is 11.7. The van der Waals surface area contributed by atoms with E-state index in [-0.39, 0.29) is 17.3 Å². The summed E-state index contributed by atoms with van der Waals surface area (Å²) in [5, 5.41) is 7.56. The number of aromatic nitrogens is 6. The van der Waals surface area contributed by atoms with Crippen LogP contribution in [0.25, 0.3) is 22.8 Å². The lowest BCUT2D eigenvalue weighted by atomic mass is 9.80. The molecular formula is C27H42N8O2. The molecule has 37 heavy (non-hydrogen) atoms. The van der Waals surface area contributed by atoms with E-state index in [1.807, 2.05) is 0 Å². The summed E-state index contributed by atoms with van der Waals surface area (Å²) in [6, 6.07) is 0.269. The Bertz CT molecular complexity index is 1270. The van der Waals surface area contributed by atoms with Crippen LogP contribution in [0.2, 0.25) is 0 Å². The second kappa shape index (κ2) is 10.1. The zero-order chi connectivity index (χ0) is 26.3. The van der Waals surface area contributed by atoms with Crippen LogP contribution in [0.1, 0.15) is 79.6 Å². The Balaban J connectivity index is 1.63. The van der Waals surface area contributed by atoms with Crippen molar-refractivity contribution in [1.82, 2.24) is 29.7 Å². The molecule has 0 unspecified atom stereocenters. The molecule has 3 aromatic rings. The Morgan fingerprint density at radius 2 is 1.86 bits per heavy atom. The molecule has 1 atom stereocenters. The van der Waals surface area contributed by atoms with Gasteiger partial charge in [0.15, 0.2) is 11.5 Å². The molecule has 0 aliphatic heterocycles. The highest BCUT2D eigenvalue weighted by atomic mass is 16.5. The van der Waals surface area contributed by atoms with Crippen LogP contribution in [0.4, 0.5) is 11.8 Å². The van der Waals surface area contributed by atoms with Crippen LogP contribution in [0.5, 0.6) is 0 Å². The zero-order valence-corrected chi connectivity index (χ0v) is 23.2. The van der Waals surface area contributed by atoms with Crippen molar-refractivity contribution in [1.29, 1.82) is 0 Å². The summed E-state index contributed by atoms with van der Waals surface area (Å²) in [5.74, 6) is 3.57. The minimum Gasteiger partial charge on any atom is -0.365 e. The lowest BCUT2D eigenvalue weighted by Crippen LogP contribution is -2.32. The number of nitrogens with zero attached hydrogens (tertiary/aromatic N) is 6. The van der Waals surface area contributed by atoms with Crippen molar-refractivity contribution < 1.29 is 4.52 Å². The van der Waals surface area contributed by atoms with Crippen LogP contribution in [0.15, 0.2) is 9.32 Å². The van der Waals surface area contributed by atoms with Gasteiger partial charge in [-0.3, -0.25) is 9.51 Å². The summed E-state index contributed by atoms with van der Waals surface area (Å²) in [5.41, 5.74) is 1.64. The third-order valence-electron chi connectivity index (χ3n) is 8.09. The molecule has 3 aromatic heterocycles. The molecule has 0 spiro atoms. The number of hydrogen-bond donors (Lipinski definition) is 2. The van der Waals surface area contributed by atoms with Crippen LogP contribution < -0.4 is 16.0 Å². The fourth-order valence-electron chi connectivity index (χ4n) is 5.85. The normalized spacial score (nSPS) is 21.7. The number of H-pyrrole nitrogens is 1. The Morgan fingerprint density at radius 1 is 1.14 bits per heavy atom. The highest BCUT2D eigenvalue weighted by Gasteiger charge is 2.29. The van der Waals surface area contributed by atoms with E-state index < -0.39 is 5.76 Å². The minimum absolute atomic E-state index is 0.106. The first-order valence-corrected chi connectivity index (χ1v) is 13.9. The Labute approximate surface area is 218 Å². The van der Waals surface area contributed by atoms with Gasteiger partial charge in [0.2, 0.25) is 17.6 Å². The van der Waals surface area contributed by atoms with Crippen molar-refractivity contribution in [3.05, 3.63) is 10.6 Å². The summed E-state index contributed by atoms with van der Waals surface area (Å²) in [6.45, 7) is 13.1. The first-order valence-electron chi connectivity index (χ1n) is 13.9. The second-order valence-corrected chi connectivity index (χ2v) is 12.7. The van der Waals surface area contributed by atoms with Crippen molar-refractivity contribution in [2.24, 2.45) is 23.2 Å². The van der Waals surface area contributed by atoms with Gasteiger partial charge in [0, 0.05) is 26.2 Å². The van der Waals surface area contributed by atoms with Crippen molar-refractivity contribution in [2.45, 2.75) is 92.2 Å². The fourth-order valence-corrected chi connectivity index (χ4v) is 5.85. The number of fused-ring (bicyclic) bond motifs is 1. The number of imidazole rings is 1. The molecule has 0 saturated heterocycles. The number of nitrogens with one attached hydrogen (secondary N) is 2. The lowest BCUT2D eigenvalue weighted by molar-refractivity contribution is 0.266. The quantitative estimate of drug-likeness (QED) is 0.431. The molecule has 2 aliphatic carbocycles. The molecule has 202 valence electrons. The molecule has 10 nitrogen and oxygen atoms in total. The molecule has 2 saturated carbocycles. The van der Waals surface area contributed by atoms with Crippen molar-refractivity contribution in [3.8, 4) is 11.6 Å². The predicted molar refractivity (Wildman–Crippen MR) is 146 cm³/mol. The van der Waals surface area contributed by atoms with Gasteiger partial charge < -0.3 is 14.8 Å². The topological polar surface area (TPSA) is 118 Å². The summed E-state index contributed by atoms with van der Waals surface area (Å²) in [4.78, 5) is 31.2. The lowest BCUT2D eigenvalue weighted by Gasteiger charge is -2.33. The maximum atomic E-state index is 11.7. The Hall–Kier alpha value is -2.91. The molecule has 0 bridgehead atoms. The largest absolute Gasteiger partial charge is 0.439 e. The highest BCUT2D eigenvalue weighted by molar-refractivity contribution is 5.87. The average molecular weight is 511 g/mol. The van der Waals surface area contributed by atoms with Gasteiger partial charge >= 0.3 is 5.76 Å². The monoisotopic (exact) mass is 510 g/mol. The van der Waals surface area contributed by atoms with Crippen LogP contribution in [0.3, 0.4) is 0 Å². The van der Waals surface area contributed by atoms with Gasteiger partial charge in [0.25, 0.3) is 0 Å². The molecule has 2 fully saturated rings. The van der Waals surface area contributed by atoms with E-state index >= 15 is 0 Å². The predicted octanol–water partition coefficient (Wildman–Crippen LogP) is 5.08. The summed E-state index contributed by atoms with van der Waals surface area (Å²) in [6.07, 6.45) is 8.73. The van der Waals surface area contributed by atoms with Crippen molar-refractivity contribution in [3.63, 3.8) is 0 Å². The number of aromatic amines is 1. The van der Waals surface area contributed by atoms with Gasteiger partial charge in [0.05, 0.1) is 0 Å². The van der Waals surface area contributed by atoms with Crippen molar-refractivity contribution in [2.75, 3.05) is 23.8 Å². The minimum atomic E-state index is -0.626. The van der Waals surface area contributed by atoms with E-state index in [0.717, 1.165) is 36.3 Å². The SMILES string of the molecule is C[C@@H](Nc1nc(-c2noc(=O)[nH]2)nc2nc(N(C)CC(C)(C)C)n(C[C@H]3CC[C@H](C)CC3)c12)C1CCC1. The third kappa shape index (κ3) is 5.67. The first kappa shape index (κ1) is 25.7. The number of anilines is 2. The Kier molecular flexibility index (Phi) is 7.02. The van der Waals surface area contributed by atoms with Gasteiger partial charge in [-0.2, -0.15) is 4.98 Å². The molecule has 0 radical (unpaired) electrons. The van der Waals surface area contributed by atoms with E-state index in [2.05, 4.69) is 66.6 Å². The molecule has 2 N–H and O–H groups in total. The van der Waals surface area contributed by atoms with E-state index in [1.54, 1.807) is 0 Å². The standard InChI is InChI=1S/C27H42N8O2/c1-16-10-12-18(13-11-16)14-35-20-21(28-17(2)19-8-7-9-19)29-23(24-32-26(36)37-33-24)30-22(20)31-25(35)34(6)15-27(3,4)5/h16-19H,7-15H2,1-6H3,(H,28,29,30)(H,32,33,36)/t16-,17-,18-/m1/s1. The molecule has 3 heterocycles.